The van der Waals surface area contributed by atoms with Crippen LogP contribution in [0.25, 0.3) is 0 Å². The van der Waals surface area contributed by atoms with Crippen molar-refractivity contribution in [2.24, 2.45) is 5.73 Å². The predicted octanol–water partition coefficient (Wildman–Crippen LogP) is 1.50. The first-order chi connectivity index (χ1) is 9.02. The van der Waals surface area contributed by atoms with Gasteiger partial charge in [-0.25, -0.2) is 4.39 Å². The third kappa shape index (κ3) is 4.29. The maximum atomic E-state index is 13.2. The summed E-state index contributed by atoms with van der Waals surface area (Å²) in [6, 6.07) is 4.77. The standard InChI is InChI=1S/C14H20FN3O/c1-10-6-11(15)8-13(7-10)17-14(19)9-18-4-2-12(16)3-5-18/h6-8,12H,2-5,9,16H2,1H3,(H,17,19). The van der Waals surface area contributed by atoms with Crippen molar-refractivity contribution in [3.8, 4) is 0 Å². The van der Waals surface area contributed by atoms with Crippen LogP contribution in [0.5, 0.6) is 0 Å². The molecule has 1 aromatic carbocycles. The zero-order valence-electron chi connectivity index (χ0n) is 11.2. The number of nitrogens with one attached hydrogen (secondary N) is 1. The lowest BCUT2D eigenvalue weighted by Crippen LogP contribution is -2.43. The SMILES string of the molecule is Cc1cc(F)cc(NC(=O)CN2CCC(N)CC2)c1. The molecule has 1 fully saturated rings. The highest BCUT2D eigenvalue weighted by Gasteiger charge is 2.18. The summed E-state index contributed by atoms with van der Waals surface area (Å²) in [4.78, 5) is 14.0. The molecule has 1 saturated heterocycles. The molecule has 19 heavy (non-hydrogen) atoms. The third-order valence-corrected chi connectivity index (χ3v) is 3.33. The van der Waals surface area contributed by atoms with Gasteiger partial charge in [0.1, 0.15) is 5.82 Å². The van der Waals surface area contributed by atoms with E-state index in [1.165, 1.54) is 12.1 Å². The Labute approximate surface area is 112 Å². The lowest BCUT2D eigenvalue weighted by Gasteiger charge is -2.29. The van der Waals surface area contributed by atoms with Gasteiger partial charge in [-0.15, -0.1) is 0 Å². The quantitative estimate of drug-likeness (QED) is 0.870. The van der Waals surface area contributed by atoms with Gasteiger partial charge >= 0.3 is 0 Å². The highest BCUT2D eigenvalue weighted by molar-refractivity contribution is 5.92. The molecular formula is C14H20FN3O. The summed E-state index contributed by atoms with van der Waals surface area (Å²) in [5, 5.41) is 2.73. The molecule has 104 valence electrons. The molecule has 1 aliphatic rings. The minimum absolute atomic E-state index is 0.111. The van der Waals surface area contributed by atoms with E-state index in [0.717, 1.165) is 31.5 Å². The number of halogens is 1. The van der Waals surface area contributed by atoms with Crippen LogP contribution in [0.15, 0.2) is 18.2 Å². The second-order valence-electron chi connectivity index (χ2n) is 5.18. The normalized spacial score (nSPS) is 17.4. The van der Waals surface area contributed by atoms with Gasteiger partial charge in [-0.05, 0) is 43.5 Å². The first-order valence-electron chi connectivity index (χ1n) is 6.58. The number of amides is 1. The van der Waals surface area contributed by atoms with Crippen LogP contribution in [0.4, 0.5) is 10.1 Å². The van der Waals surface area contributed by atoms with Gasteiger partial charge in [-0.2, -0.15) is 0 Å². The first kappa shape index (κ1) is 14.0. The number of nitrogens with two attached hydrogens (primary N) is 1. The van der Waals surface area contributed by atoms with Crippen LogP contribution in [-0.4, -0.2) is 36.5 Å². The van der Waals surface area contributed by atoms with Gasteiger partial charge in [-0.1, -0.05) is 0 Å². The van der Waals surface area contributed by atoms with Crippen LogP contribution >= 0.6 is 0 Å². The minimum Gasteiger partial charge on any atom is -0.328 e. The molecule has 0 radical (unpaired) electrons. The molecule has 1 aliphatic heterocycles. The summed E-state index contributed by atoms with van der Waals surface area (Å²) >= 11 is 0. The van der Waals surface area contributed by atoms with Crippen LogP contribution in [0, 0.1) is 12.7 Å². The number of anilines is 1. The topological polar surface area (TPSA) is 58.4 Å². The van der Waals surface area contributed by atoms with Gasteiger partial charge < -0.3 is 11.1 Å². The van der Waals surface area contributed by atoms with Crippen molar-refractivity contribution >= 4 is 11.6 Å². The van der Waals surface area contributed by atoms with Crippen molar-refractivity contribution in [1.82, 2.24) is 4.90 Å². The molecular weight excluding hydrogens is 245 g/mol. The number of rotatable bonds is 3. The van der Waals surface area contributed by atoms with E-state index < -0.39 is 0 Å². The number of hydrogen-bond acceptors (Lipinski definition) is 3. The average molecular weight is 265 g/mol. The van der Waals surface area contributed by atoms with Gasteiger partial charge in [-0.3, -0.25) is 9.69 Å². The highest BCUT2D eigenvalue weighted by Crippen LogP contribution is 2.14. The molecule has 0 unspecified atom stereocenters. The summed E-state index contributed by atoms with van der Waals surface area (Å²) in [6.45, 7) is 3.82. The predicted molar refractivity (Wildman–Crippen MR) is 73.4 cm³/mol. The van der Waals surface area contributed by atoms with Crippen molar-refractivity contribution in [2.45, 2.75) is 25.8 Å². The molecule has 0 aliphatic carbocycles. The fourth-order valence-electron chi connectivity index (χ4n) is 2.32. The molecule has 3 N–H and O–H groups in total. The van der Waals surface area contributed by atoms with E-state index in [1.54, 1.807) is 13.0 Å². The van der Waals surface area contributed by atoms with Gasteiger partial charge in [0.2, 0.25) is 5.91 Å². The van der Waals surface area contributed by atoms with E-state index in [1.807, 2.05) is 0 Å². The Bertz CT molecular complexity index is 436. The van der Waals surface area contributed by atoms with Gasteiger partial charge in [0.05, 0.1) is 6.54 Å². The van der Waals surface area contributed by atoms with Crippen molar-refractivity contribution in [3.63, 3.8) is 0 Å². The molecule has 0 saturated carbocycles. The molecule has 4 nitrogen and oxygen atoms in total. The molecule has 1 heterocycles. The zero-order chi connectivity index (χ0) is 13.8. The van der Waals surface area contributed by atoms with E-state index in [9.17, 15) is 9.18 Å². The third-order valence-electron chi connectivity index (χ3n) is 3.33. The molecule has 0 spiro atoms. The van der Waals surface area contributed by atoms with Gasteiger partial charge in [0, 0.05) is 24.8 Å². The number of carbonyl (C=O) groups is 1. The van der Waals surface area contributed by atoms with Crippen molar-refractivity contribution < 1.29 is 9.18 Å². The molecule has 0 atom stereocenters. The summed E-state index contributed by atoms with van der Waals surface area (Å²) < 4.78 is 13.2. The van der Waals surface area contributed by atoms with E-state index in [2.05, 4.69) is 10.2 Å². The highest BCUT2D eigenvalue weighted by atomic mass is 19.1. The van der Waals surface area contributed by atoms with Crippen molar-refractivity contribution in [2.75, 3.05) is 25.0 Å². The molecule has 5 heteroatoms. The number of piperidine rings is 1. The number of nitrogens with zero attached hydrogens (tertiary/aromatic N) is 1. The number of hydrogen-bond donors (Lipinski definition) is 2. The van der Waals surface area contributed by atoms with E-state index in [4.69, 9.17) is 5.73 Å². The van der Waals surface area contributed by atoms with Crippen LogP contribution in [-0.2, 0) is 4.79 Å². The largest absolute Gasteiger partial charge is 0.328 e. The fraction of sp³-hybridized carbons (Fsp3) is 0.500. The molecule has 1 aromatic rings. The molecule has 1 amide bonds. The Kier molecular flexibility index (Phi) is 4.50. The Hall–Kier alpha value is -1.46. The maximum absolute atomic E-state index is 13.2. The van der Waals surface area contributed by atoms with Crippen LogP contribution in [0.2, 0.25) is 0 Å². The van der Waals surface area contributed by atoms with Crippen LogP contribution in [0.1, 0.15) is 18.4 Å². The fourth-order valence-corrected chi connectivity index (χ4v) is 2.32. The van der Waals surface area contributed by atoms with Crippen LogP contribution in [0.3, 0.4) is 0 Å². The van der Waals surface area contributed by atoms with E-state index in [-0.39, 0.29) is 17.8 Å². The minimum atomic E-state index is -0.334. The van der Waals surface area contributed by atoms with E-state index in [0.29, 0.717) is 12.2 Å². The Morgan fingerprint density at radius 2 is 2.11 bits per heavy atom. The van der Waals surface area contributed by atoms with Crippen molar-refractivity contribution in [1.29, 1.82) is 0 Å². The summed E-state index contributed by atoms with van der Waals surface area (Å²) in [6.07, 6.45) is 1.85. The monoisotopic (exact) mass is 265 g/mol. The average Bonchev–Trinajstić information content (AvgIpc) is 2.30. The molecule has 2 rings (SSSR count). The molecule has 0 bridgehead atoms. The summed E-state index contributed by atoms with van der Waals surface area (Å²) in [7, 11) is 0. The smallest absolute Gasteiger partial charge is 0.238 e. The zero-order valence-corrected chi connectivity index (χ0v) is 11.2. The number of carbonyl (C=O) groups excluding carboxylic acids is 1. The van der Waals surface area contributed by atoms with Crippen LogP contribution < -0.4 is 11.1 Å². The first-order valence-corrected chi connectivity index (χ1v) is 6.58. The summed E-state index contributed by atoms with van der Waals surface area (Å²) in [5.41, 5.74) is 7.12. The van der Waals surface area contributed by atoms with E-state index >= 15 is 0 Å². The summed E-state index contributed by atoms with van der Waals surface area (Å²) in [5.74, 6) is -0.445. The van der Waals surface area contributed by atoms with Gasteiger partial charge in [0.25, 0.3) is 0 Å². The maximum Gasteiger partial charge on any atom is 0.238 e. The lowest BCUT2D eigenvalue weighted by atomic mass is 10.1. The van der Waals surface area contributed by atoms with Crippen molar-refractivity contribution in [3.05, 3.63) is 29.6 Å². The Morgan fingerprint density at radius 1 is 1.42 bits per heavy atom. The number of benzene rings is 1. The number of aryl methyl sites for hydroxylation is 1. The van der Waals surface area contributed by atoms with Gasteiger partial charge in [0.15, 0.2) is 0 Å². The second-order valence-corrected chi connectivity index (χ2v) is 5.18. The number of likely N-dealkylation sites (tertiary alicyclic amines) is 1. The molecule has 0 aromatic heterocycles. The Balaban J connectivity index is 1.87. The lowest BCUT2D eigenvalue weighted by molar-refractivity contribution is -0.117. The second kappa shape index (κ2) is 6.12. The Morgan fingerprint density at radius 3 is 2.74 bits per heavy atom.